The molecule has 0 bridgehead atoms. The number of nitrogens with one attached hydrogen (secondary N) is 3. The molecule has 6 heteroatoms. The Labute approximate surface area is 144 Å². The number of carbonyl (C=O) groups is 2. The Bertz CT molecular complexity index is 593. The number of hydrogen-bond acceptors (Lipinski definition) is 3. The molecule has 1 aromatic rings. The second-order valence-electron chi connectivity index (χ2n) is 6.41. The summed E-state index contributed by atoms with van der Waals surface area (Å²) in [6, 6.07) is 7.93. The lowest BCUT2D eigenvalue weighted by Gasteiger charge is -2.40. The average molecular weight is 380 g/mol. The Kier molecular flexibility index (Phi) is 5.33. The van der Waals surface area contributed by atoms with Crippen LogP contribution >= 0.6 is 15.9 Å². The lowest BCUT2D eigenvalue weighted by Crippen LogP contribution is -2.60. The Balaban J connectivity index is 1.53. The number of fused-ring (bicyclic) bond motifs is 1. The lowest BCUT2D eigenvalue weighted by atomic mass is 9.73. The van der Waals surface area contributed by atoms with Gasteiger partial charge < -0.3 is 5.32 Å². The van der Waals surface area contributed by atoms with Gasteiger partial charge in [-0.2, -0.15) is 0 Å². The molecule has 1 heterocycles. The summed E-state index contributed by atoms with van der Waals surface area (Å²) in [5.74, 6) is 0.436. The van der Waals surface area contributed by atoms with Gasteiger partial charge in [0.2, 0.25) is 11.8 Å². The first-order valence-electron chi connectivity index (χ1n) is 8.20. The van der Waals surface area contributed by atoms with Crippen LogP contribution in [0.25, 0.3) is 0 Å². The maximum atomic E-state index is 12.3. The SMILES string of the molecule is O=C(CC1NNC(=O)C2CCCCC12)NCc1cccc(Br)c1. The average Bonchev–Trinajstić information content (AvgIpc) is 2.56. The molecule has 3 N–H and O–H groups in total. The smallest absolute Gasteiger partial charge is 0.237 e. The van der Waals surface area contributed by atoms with E-state index in [4.69, 9.17) is 0 Å². The van der Waals surface area contributed by atoms with E-state index in [1.165, 1.54) is 0 Å². The summed E-state index contributed by atoms with van der Waals surface area (Å²) in [6.45, 7) is 0.519. The molecule has 0 aromatic heterocycles. The fourth-order valence-corrected chi connectivity index (χ4v) is 4.10. The van der Waals surface area contributed by atoms with Gasteiger partial charge in [-0.3, -0.25) is 15.0 Å². The first-order chi connectivity index (χ1) is 11.1. The van der Waals surface area contributed by atoms with Crippen LogP contribution in [-0.2, 0) is 16.1 Å². The first-order valence-corrected chi connectivity index (χ1v) is 8.99. The van der Waals surface area contributed by atoms with Crippen molar-refractivity contribution < 1.29 is 9.59 Å². The third-order valence-electron chi connectivity index (χ3n) is 4.84. The van der Waals surface area contributed by atoms with E-state index < -0.39 is 0 Å². The predicted octanol–water partition coefficient (Wildman–Crippen LogP) is 2.26. The van der Waals surface area contributed by atoms with Crippen molar-refractivity contribution in [1.82, 2.24) is 16.2 Å². The first kappa shape index (κ1) is 16.5. The molecule has 2 amide bonds. The Hall–Kier alpha value is -1.40. The standard InChI is InChI=1S/C17H22BrN3O2/c18-12-5-3-4-11(8-12)10-19-16(22)9-15-13-6-1-2-7-14(13)17(23)21-20-15/h3-5,8,13-15,20H,1-2,6-7,9-10H2,(H,19,22)(H,21,23). The van der Waals surface area contributed by atoms with Crippen molar-refractivity contribution in [3.05, 3.63) is 34.3 Å². The van der Waals surface area contributed by atoms with Crippen LogP contribution in [0.3, 0.4) is 0 Å². The van der Waals surface area contributed by atoms with Crippen LogP contribution in [0.2, 0.25) is 0 Å². The number of carbonyl (C=O) groups excluding carboxylic acids is 2. The number of benzene rings is 1. The van der Waals surface area contributed by atoms with E-state index in [9.17, 15) is 9.59 Å². The van der Waals surface area contributed by atoms with Crippen LogP contribution in [-0.4, -0.2) is 17.9 Å². The maximum Gasteiger partial charge on any atom is 0.237 e. The van der Waals surface area contributed by atoms with E-state index >= 15 is 0 Å². The third-order valence-corrected chi connectivity index (χ3v) is 5.33. The molecule has 1 aliphatic heterocycles. The van der Waals surface area contributed by atoms with Crippen LogP contribution in [0.4, 0.5) is 0 Å². The fourth-order valence-electron chi connectivity index (χ4n) is 3.65. The van der Waals surface area contributed by atoms with Gasteiger partial charge in [0.1, 0.15) is 0 Å². The van der Waals surface area contributed by atoms with Gasteiger partial charge in [0.05, 0.1) is 0 Å². The number of rotatable bonds is 4. The van der Waals surface area contributed by atoms with E-state index in [2.05, 4.69) is 32.1 Å². The van der Waals surface area contributed by atoms with Gasteiger partial charge in [-0.15, -0.1) is 0 Å². The summed E-state index contributed by atoms with van der Waals surface area (Å²) >= 11 is 3.43. The molecule has 2 aliphatic rings. The minimum absolute atomic E-state index is 0.0166. The van der Waals surface area contributed by atoms with Crippen LogP contribution in [0.1, 0.15) is 37.7 Å². The molecule has 2 fully saturated rings. The number of amides is 2. The summed E-state index contributed by atoms with van der Waals surface area (Å²) < 4.78 is 1.01. The second-order valence-corrected chi connectivity index (χ2v) is 7.32. The normalized spacial score (nSPS) is 27.0. The van der Waals surface area contributed by atoms with Gasteiger partial charge >= 0.3 is 0 Å². The fraction of sp³-hybridized carbons (Fsp3) is 0.529. The molecule has 1 aliphatic carbocycles. The highest BCUT2D eigenvalue weighted by Crippen LogP contribution is 2.35. The van der Waals surface area contributed by atoms with Crippen LogP contribution in [0, 0.1) is 11.8 Å². The van der Waals surface area contributed by atoms with Crippen LogP contribution in [0.15, 0.2) is 28.7 Å². The lowest BCUT2D eigenvalue weighted by molar-refractivity contribution is -0.135. The molecular formula is C17H22BrN3O2. The quantitative estimate of drug-likeness (QED) is 0.751. The van der Waals surface area contributed by atoms with E-state index in [0.29, 0.717) is 13.0 Å². The summed E-state index contributed by atoms with van der Waals surface area (Å²) in [5, 5.41) is 2.97. The van der Waals surface area contributed by atoms with E-state index in [0.717, 1.165) is 35.7 Å². The predicted molar refractivity (Wildman–Crippen MR) is 91.1 cm³/mol. The van der Waals surface area contributed by atoms with E-state index in [1.807, 2.05) is 24.3 Å². The zero-order valence-corrected chi connectivity index (χ0v) is 14.6. The number of halogens is 1. The summed E-state index contributed by atoms with van der Waals surface area (Å²) in [6.07, 6.45) is 4.61. The molecular weight excluding hydrogens is 358 g/mol. The van der Waals surface area contributed by atoms with Gasteiger partial charge in [-0.05, 0) is 36.5 Å². The molecule has 3 atom stereocenters. The maximum absolute atomic E-state index is 12.3. The van der Waals surface area contributed by atoms with Crippen molar-refractivity contribution in [3.63, 3.8) is 0 Å². The summed E-state index contributed by atoms with van der Waals surface area (Å²) in [4.78, 5) is 24.2. The minimum atomic E-state index is 0.0166. The summed E-state index contributed by atoms with van der Waals surface area (Å²) in [5.41, 5.74) is 6.84. The molecule has 0 radical (unpaired) electrons. The van der Waals surface area contributed by atoms with Crippen molar-refractivity contribution in [3.8, 4) is 0 Å². The molecule has 0 spiro atoms. The zero-order chi connectivity index (χ0) is 16.2. The molecule has 1 saturated carbocycles. The number of hydrazine groups is 1. The van der Waals surface area contributed by atoms with Crippen LogP contribution < -0.4 is 16.2 Å². The van der Waals surface area contributed by atoms with E-state index in [-0.39, 0.29) is 29.7 Å². The Morgan fingerprint density at radius 2 is 2.13 bits per heavy atom. The van der Waals surface area contributed by atoms with Crippen molar-refractivity contribution >= 4 is 27.7 Å². The molecule has 1 aromatic carbocycles. The van der Waals surface area contributed by atoms with Crippen molar-refractivity contribution in [2.45, 2.75) is 44.7 Å². The topological polar surface area (TPSA) is 70.2 Å². The summed E-state index contributed by atoms with van der Waals surface area (Å²) in [7, 11) is 0. The molecule has 3 rings (SSSR count). The second kappa shape index (κ2) is 7.45. The third kappa shape index (κ3) is 4.12. The van der Waals surface area contributed by atoms with Crippen molar-refractivity contribution in [1.29, 1.82) is 0 Å². The van der Waals surface area contributed by atoms with Crippen molar-refractivity contribution in [2.75, 3.05) is 0 Å². The Morgan fingerprint density at radius 3 is 2.96 bits per heavy atom. The monoisotopic (exact) mass is 379 g/mol. The van der Waals surface area contributed by atoms with Gasteiger partial charge in [0.25, 0.3) is 0 Å². The van der Waals surface area contributed by atoms with Crippen molar-refractivity contribution in [2.24, 2.45) is 11.8 Å². The number of hydrogen-bond donors (Lipinski definition) is 3. The molecule has 1 saturated heterocycles. The zero-order valence-electron chi connectivity index (χ0n) is 13.0. The molecule has 3 unspecified atom stereocenters. The molecule has 5 nitrogen and oxygen atoms in total. The molecule has 23 heavy (non-hydrogen) atoms. The largest absolute Gasteiger partial charge is 0.352 e. The van der Waals surface area contributed by atoms with Gasteiger partial charge in [-0.25, -0.2) is 5.43 Å². The Morgan fingerprint density at radius 1 is 1.30 bits per heavy atom. The molecule has 124 valence electrons. The highest BCUT2D eigenvalue weighted by atomic mass is 79.9. The highest BCUT2D eigenvalue weighted by molar-refractivity contribution is 9.10. The van der Waals surface area contributed by atoms with E-state index in [1.54, 1.807) is 0 Å². The van der Waals surface area contributed by atoms with Gasteiger partial charge in [0.15, 0.2) is 0 Å². The minimum Gasteiger partial charge on any atom is -0.352 e. The van der Waals surface area contributed by atoms with Crippen LogP contribution in [0.5, 0.6) is 0 Å². The van der Waals surface area contributed by atoms with Gasteiger partial charge in [-0.1, -0.05) is 40.9 Å². The van der Waals surface area contributed by atoms with Gasteiger partial charge in [0, 0.05) is 29.4 Å². The highest BCUT2D eigenvalue weighted by Gasteiger charge is 2.40.